The number of imide groups is 2. The number of amides is 4. The van der Waals surface area contributed by atoms with Crippen molar-refractivity contribution in [3.05, 3.63) is 61.1 Å². The lowest BCUT2D eigenvalue weighted by atomic mass is 10.1. The van der Waals surface area contributed by atoms with Gasteiger partial charge in [0, 0.05) is 4.47 Å². The number of rotatable bonds is 2. The zero-order valence-electron chi connectivity index (χ0n) is 13.4. The lowest BCUT2D eigenvalue weighted by Gasteiger charge is -2.27. The monoisotopic (exact) mass is 526 g/mol. The second-order valence-corrected chi connectivity index (χ2v) is 7.68. The average molecular weight is 527 g/mol. The Kier molecular flexibility index (Phi) is 5.15. The molecule has 3 rings (SSSR count). The number of hydrogen-bond acceptors (Lipinski definition) is 4. The van der Waals surface area contributed by atoms with Crippen LogP contribution in [0.3, 0.4) is 0 Å². The van der Waals surface area contributed by atoms with Gasteiger partial charge in [-0.05, 0) is 77.0 Å². The van der Waals surface area contributed by atoms with Crippen molar-refractivity contribution in [1.82, 2.24) is 5.32 Å². The van der Waals surface area contributed by atoms with Crippen LogP contribution in [0.2, 0.25) is 0 Å². The number of nitrogens with one attached hydrogen (secondary N) is 1. The van der Waals surface area contributed by atoms with Crippen LogP contribution in [0.4, 0.5) is 10.5 Å². The largest absolute Gasteiger partial charge is 0.507 e. The van der Waals surface area contributed by atoms with Crippen LogP contribution in [0.15, 0.2) is 46.4 Å². The zero-order valence-corrected chi connectivity index (χ0v) is 17.2. The van der Waals surface area contributed by atoms with Crippen LogP contribution in [0.25, 0.3) is 6.08 Å². The van der Waals surface area contributed by atoms with Gasteiger partial charge in [0.25, 0.3) is 11.8 Å². The van der Waals surface area contributed by atoms with E-state index in [0.717, 1.165) is 9.37 Å². The highest BCUT2D eigenvalue weighted by molar-refractivity contribution is 14.1. The van der Waals surface area contributed by atoms with Crippen molar-refractivity contribution in [2.24, 2.45) is 0 Å². The van der Waals surface area contributed by atoms with Gasteiger partial charge in [0.2, 0.25) is 0 Å². The standard InChI is InChI=1S/C18H12BrIN2O4/c1-9-6-11(19)3-4-14(9)22-17(25)12(16(24)21-18(22)26)7-10-2-5-15(23)13(20)8-10/h2-8,23H,1H3,(H,21,24,26)/b12-7+. The Labute approximate surface area is 171 Å². The topological polar surface area (TPSA) is 86.7 Å². The van der Waals surface area contributed by atoms with Gasteiger partial charge in [-0.15, -0.1) is 0 Å². The van der Waals surface area contributed by atoms with Crippen LogP contribution in [0, 0.1) is 10.5 Å². The second-order valence-electron chi connectivity index (χ2n) is 5.60. The number of aromatic hydroxyl groups is 1. The van der Waals surface area contributed by atoms with Crippen LogP contribution in [-0.4, -0.2) is 23.0 Å². The van der Waals surface area contributed by atoms with E-state index in [9.17, 15) is 19.5 Å². The third-order valence-corrected chi connectivity index (χ3v) is 5.14. The molecular formula is C18H12BrIN2O4. The molecule has 0 aliphatic carbocycles. The van der Waals surface area contributed by atoms with Crippen LogP contribution in [-0.2, 0) is 9.59 Å². The smallest absolute Gasteiger partial charge is 0.335 e. The second kappa shape index (κ2) is 7.20. The summed E-state index contributed by atoms with van der Waals surface area (Å²) in [5.41, 5.74) is 1.51. The van der Waals surface area contributed by atoms with E-state index in [1.54, 1.807) is 37.3 Å². The Bertz CT molecular complexity index is 987. The zero-order chi connectivity index (χ0) is 19.0. The molecule has 0 unspecified atom stereocenters. The molecule has 132 valence electrons. The van der Waals surface area contributed by atoms with E-state index in [1.807, 2.05) is 22.6 Å². The van der Waals surface area contributed by atoms with Crippen molar-refractivity contribution in [3.8, 4) is 5.75 Å². The Balaban J connectivity index is 2.05. The molecule has 0 aromatic heterocycles. The van der Waals surface area contributed by atoms with Crippen molar-refractivity contribution in [1.29, 1.82) is 0 Å². The number of barbiturate groups is 1. The SMILES string of the molecule is Cc1cc(Br)ccc1N1C(=O)NC(=O)/C(=C\c2ccc(O)c(I)c2)C1=O. The summed E-state index contributed by atoms with van der Waals surface area (Å²) >= 11 is 5.28. The lowest BCUT2D eigenvalue weighted by molar-refractivity contribution is -0.122. The van der Waals surface area contributed by atoms with Gasteiger partial charge in [-0.1, -0.05) is 22.0 Å². The average Bonchev–Trinajstić information content (AvgIpc) is 2.56. The number of benzene rings is 2. The maximum Gasteiger partial charge on any atom is 0.335 e. The summed E-state index contributed by atoms with van der Waals surface area (Å²) in [6.45, 7) is 1.77. The fraction of sp³-hybridized carbons (Fsp3) is 0.0556. The number of nitrogens with zero attached hydrogens (tertiary/aromatic N) is 1. The van der Waals surface area contributed by atoms with Gasteiger partial charge in [-0.25, -0.2) is 9.69 Å². The molecular weight excluding hydrogens is 515 g/mol. The maximum absolute atomic E-state index is 12.9. The van der Waals surface area contributed by atoms with Gasteiger partial charge >= 0.3 is 6.03 Å². The highest BCUT2D eigenvalue weighted by atomic mass is 127. The van der Waals surface area contributed by atoms with Crippen molar-refractivity contribution in [3.63, 3.8) is 0 Å². The molecule has 1 saturated heterocycles. The van der Waals surface area contributed by atoms with Crippen molar-refractivity contribution >= 4 is 68.1 Å². The predicted molar refractivity (Wildman–Crippen MR) is 109 cm³/mol. The molecule has 1 heterocycles. The first-order valence-corrected chi connectivity index (χ1v) is 9.31. The highest BCUT2D eigenvalue weighted by Crippen LogP contribution is 2.28. The number of urea groups is 1. The molecule has 2 aromatic carbocycles. The van der Waals surface area contributed by atoms with E-state index in [0.29, 0.717) is 20.4 Å². The molecule has 6 nitrogen and oxygen atoms in total. The maximum atomic E-state index is 12.9. The summed E-state index contributed by atoms with van der Waals surface area (Å²) in [6.07, 6.45) is 1.40. The van der Waals surface area contributed by atoms with Crippen LogP contribution in [0.1, 0.15) is 11.1 Å². The minimum atomic E-state index is -0.789. The van der Waals surface area contributed by atoms with Gasteiger partial charge in [0.15, 0.2) is 0 Å². The summed E-state index contributed by atoms with van der Waals surface area (Å²) in [5.74, 6) is -1.35. The van der Waals surface area contributed by atoms with E-state index >= 15 is 0 Å². The summed E-state index contributed by atoms with van der Waals surface area (Å²) < 4.78 is 1.39. The Morgan fingerprint density at radius 1 is 1.15 bits per heavy atom. The molecule has 0 atom stereocenters. The molecule has 2 N–H and O–H groups in total. The van der Waals surface area contributed by atoms with Gasteiger partial charge in [-0.2, -0.15) is 0 Å². The van der Waals surface area contributed by atoms with Crippen LogP contribution < -0.4 is 10.2 Å². The molecule has 0 bridgehead atoms. The summed E-state index contributed by atoms with van der Waals surface area (Å²) in [4.78, 5) is 38.2. The molecule has 1 aliphatic rings. The number of carbonyl (C=O) groups is 3. The molecule has 1 fully saturated rings. The van der Waals surface area contributed by atoms with E-state index in [1.165, 1.54) is 12.1 Å². The van der Waals surface area contributed by atoms with Gasteiger partial charge in [-0.3, -0.25) is 14.9 Å². The molecule has 2 aromatic rings. The summed E-state index contributed by atoms with van der Waals surface area (Å²) in [7, 11) is 0. The Morgan fingerprint density at radius 3 is 2.54 bits per heavy atom. The van der Waals surface area contributed by atoms with Crippen LogP contribution in [0.5, 0.6) is 5.75 Å². The first-order valence-electron chi connectivity index (χ1n) is 7.44. The minimum Gasteiger partial charge on any atom is -0.507 e. The Morgan fingerprint density at radius 2 is 1.88 bits per heavy atom. The van der Waals surface area contributed by atoms with Gasteiger partial charge < -0.3 is 5.11 Å². The number of carbonyl (C=O) groups excluding carboxylic acids is 3. The van der Waals surface area contributed by atoms with Gasteiger partial charge in [0.05, 0.1) is 9.26 Å². The molecule has 0 spiro atoms. The van der Waals surface area contributed by atoms with E-state index in [4.69, 9.17) is 0 Å². The number of anilines is 1. The third-order valence-electron chi connectivity index (χ3n) is 3.78. The minimum absolute atomic E-state index is 0.106. The van der Waals surface area contributed by atoms with E-state index in [2.05, 4.69) is 21.2 Å². The number of aryl methyl sites for hydroxylation is 1. The fourth-order valence-electron chi connectivity index (χ4n) is 2.53. The Hall–Kier alpha value is -2.20. The normalized spacial score (nSPS) is 16.2. The van der Waals surface area contributed by atoms with Gasteiger partial charge in [0.1, 0.15) is 11.3 Å². The van der Waals surface area contributed by atoms with Crippen LogP contribution >= 0.6 is 38.5 Å². The number of halogens is 2. The van der Waals surface area contributed by atoms with Crippen molar-refractivity contribution < 1.29 is 19.5 Å². The first kappa shape index (κ1) is 18.6. The van der Waals surface area contributed by atoms with E-state index in [-0.39, 0.29) is 11.3 Å². The van der Waals surface area contributed by atoms with Crippen molar-refractivity contribution in [2.45, 2.75) is 6.92 Å². The lowest BCUT2D eigenvalue weighted by Crippen LogP contribution is -2.54. The number of phenols is 1. The summed E-state index contributed by atoms with van der Waals surface area (Å²) in [5, 5.41) is 11.8. The summed E-state index contributed by atoms with van der Waals surface area (Å²) in [6, 6.07) is 9.02. The molecule has 0 radical (unpaired) electrons. The molecule has 0 saturated carbocycles. The molecule has 1 aliphatic heterocycles. The number of hydrogen-bond donors (Lipinski definition) is 2. The quantitative estimate of drug-likeness (QED) is 0.354. The fourth-order valence-corrected chi connectivity index (χ4v) is 3.54. The highest BCUT2D eigenvalue weighted by Gasteiger charge is 2.37. The molecule has 8 heteroatoms. The predicted octanol–water partition coefficient (Wildman–Crippen LogP) is 3.73. The molecule has 4 amide bonds. The number of phenolic OH excluding ortho intramolecular Hbond substituents is 1. The molecule has 26 heavy (non-hydrogen) atoms. The van der Waals surface area contributed by atoms with E-state index < -0.39 is 17.8 Å². The van der Waals surface area contributed by atoms with Crippen molar-refractivity contribution in [2.75, 3.05) is 4.90 Å². The first-order chi connectivity index (χ1) is 12.3. The third kappa shape index (κ3) is 3.51.